The van der Waals surface area contributed by atoms with Gasteiger partial charge < -0.3 is 15.5 Å². The Morgan fingerprint density at radius 3 is 2.30 bits per heavy atom. The first-order chi connectivity index (χ1) is 31.6. The van der Waals surface area contributed by atoms with Gasteiger partial charge in [-0.1, -0.05) is 58.0 Å². The minimum absolute atomic E-state index is 0.120. The summed E-state index contributed by atoms with van der Waals surface area (Å²) in [6.45, 7) is 11.4. The molecule has 4 N–H and O–H groups in total. The molecule has 1 atom stereocenters. The lowest BCUT2D eigenvalue weighted by Crippen LogP contribution is -2.47. The van der Waals surface area contributed by atoms with E-state index in [1.54, 1.807) is 31.3 Å². The third-order valence-corrected chi connectivity index (χ3v) is 15.5. The molecule has 0 saturated carbocycles. The molecule has 3 aromatic carbocycles. The average molecular weight is 936 g/mol. The van der Waals surface area contributed by atoms with Crippen LogP contribution in [0.2, 0.25) is 0 Å². The number of aromatic nitrogens is 3. The van der Waals surface area contributed by atoms with Crippen LogP contribution >= 0.6 is 11.3 Å². The molecule has 5 aromatic rings. The van der Waals surface area contributed by atoms with Gasteiger partial charge in [0.05, 0.1) is 39.3 Å². The van der Waals surface area contributed by atoms with Gasteiger partial charge in [-0.25, -0.2) is 27.8 Å². The topological polar surface area (TPSA) is 179 Å². The lowest BCUT2D eigenvalue weighted by Gasteiger charge is -2.36. The molecule has 3 aliphatic heterocycles. The standard InChI is InChI=1S/C49H58FN9O5S2/c1-5-28-66(63,64)57-38-11-7-10-37(43(38)50)44-45(65-47(56-44)49(2,3)4)39-18-23-51-48(54-39)53-36-9-6-8-34(29-36)33-21-26-59(27-22-33)42(61)30-58-24-19-32(20-25-58)31-12-14-35(15-13-31)52-40-16-17-41(60)55-46(40)62/h6-15,18,23,29,32-33,40,52,57H,5,16-17,19-22,24-28,30H2,1-4H3,(H,51,53,54)(H,55,60,62)/t40-/m1/s1. The molecule has 0 radical (unpaired) electrons. The van der Waals surface area contributed by atoms with Crippen molar-refractivity contribution in [3.63, 3.8) is 0 Å². The number of rotatable bonds is 14. The Morgan fingerprint density at radius 2 is 1.59 bits per heavy atom. The van der Waals surface area contributed by atoms with E-state index in [-0.39, 0.29) is 46.1 Å². The smallest absolute Gasteiger partial charge is 0.249 e. The molecule has 66 heavy (non-hydrogen) atoms. The molecule has 0 spiro atoms. The molecular formula is C49H58FN9O5S2. The largest absolute Gasteiger partial charge is 0.374 e. The summed E-state index contributed by atoms with van der Waals surface area (Å²) in [6, 6.07) is 22.4. The van der Waals surface area contributed by atoms with Gasteiger partial charge in [-0.2, -0.15) is 0 Å². The van der Waals surface area contributed by atoms with E-state index in [1.165, 1.54) is 28.5 Å². The number of hydrogen-bond acceptors (Lipinski definition) is 12. The zero-order valence-electron chi connectivity index (χ0n) is 37.9. The molecule has 3 aliphatic rings. The summed E-state index contributed by atoms with van der Waals surface area (Å²) in [5.74, 6) is -0.0909. The number of amides is 3. The molecule has 3 fully saturated rings. The van der Waals surface area contributed by atoms with Gasteiger partial charge in [0.1, 0.15) is 6.04 Å². The summed E-state index contributed by atoms with van der Waals surface area (Å²) >= 11 is 1.42. The minimum Gasteiger partial charge on any atom is -0.374 e. The molecule has 2 aromatic heterocycles. The van der Waals surface area contributed by atoms with E-state index in [0.717, 1.165) is 55.2 Å². The van der Waals surface area contributed by atoms with Crippen molar-refractivity contribution in [1.29, 1.82) is 0 Å². The minimum atomic E-state index is -3.72. The zero-order chi connectivity index (χ0) is 46.6. The molecule has 0 bridgehead atoms. The predicted octanol–water partition coefficient (Wildman–Crippen LogP) is 8.40. The second-order valence-electron chi connectivity index (χ2n) is 18.5. The van der Waals surface area contributed by atoms with Crippen LogP contribution in [-0.2, 0) is 29.8 Å². The van der Waals surface area contributed by atoms with E-state index in [1.807, 2.05) is 49.9 Å². The number of imide groups is 1. The van der Waals surface area contributed by atoms with Crippen molar-refractivity contribution in [1.82, 2.24) is 30.1 Å². The first kappa shape index (κ1) is 46.7. The monoisotopic (exact) mass is 935 g/mol. The van der Waals surface area contributed by atoms with E-state index >= 15 is 4.39 Å². The lowest BCUT2D eigenvalue weighted by atomic mass is 9.88. The van der Waals surface area contributed by atoms with Gasteiger partial charge in [0.2, 0.25) is 33.7 Å². The first-order valence-electron chi connectivity index (χ1n) is 22.8. The fraction of sp³-hybridized carbons (Fsp3) is 0.429. The number of hydrogen-bond donors (Lipinski definition) is 4. The van der Waals surface area contributed by atoms with Crippen molar-refractivity contribution in [2.24, 2.45) is 0 Å². The van der Waals surface area contributed by atoms with Crippen LogP contribution in [0.5, 0.6) is 0 Å². The van der Waals surface area contributed by atoms with Gasteiger partial charge in [0.15, 0.2) is 5.82 Å². The molecule has 3 amide bonds. The molecule has 5 heterocycles. The summed E-state index contributed by atoms with van der Waals surface area (Å²) in [5.41, 5.74) is 4.74. The third kappa shape index (κ3) is 11.2. The Bertz CT molecular complexity index is 2670. The maximum Gasteiger partial charge on any atom is 0.249 e. The Kier molecular flexibility index (Phi) is 14.2. The number of sulfonamides is 1. The quantitative estimate of drug-likeness (QED) is 0.0786. The molecule has 8 rings (SSSR count). The van der Waals surface area contributed by atoms with Crippen LogP contribution in [0.3, 0.4) is 0 Å². The van der Waals surface area contributed by atoms with Crippen LogP contribution in [0.25, 0.3) is 21.8 Å². The number of nitrogens with zero attached hydrogens (tertiary/aromatic N) is 5. The van der Waals surface area contributed by atoms with Crippen molar-refractivity contribution < 1.29 is 27.2 Å². The van der Waals surface area contributed by atoms with Crippen molar-refractivity contribution in [2.45, 2.75) is 95.9 Å². The fourth-order valence-corrected chi connectivity index (χ4v) is 11.1. The van der Waals surface area contributed by atoms with Gasteiger partial charge in [-0.3, -0.25) is 29.3 Å². The van der Waals surface area contributed by atoms with Crippen LogP contribution in [0.1, 0.15) is 101 Å². The molecular weight excluding hydrogens is 878 g/mol. The molecule has 17 heteroatoms. The SMILES string of the molecule is CCCS(=O)(=O)Nc1cccc(-c2nc(C(C)(C)C)sc2-c2ccnc(Nc3cccc(C4CCN(C(=O)CN5CCC(c6ccc(N[C@@H]7CCC(=O)NC7=O)cc6)CC5)CC4)c3)n2)c1F. The number of benzene rings is 3. The predicted molar refractivity (Wildman–Crippen MR) is 258 cm³/mol. The number of nitrogens with one attached hydrogen (secondary N) is 4. The summed E-state index contributed by atoms with van der Waals surface area (Å²) in [7, 11) is -3.72. The zero-order valence-corrected chi connectivity index (χ0v) is 39.5. The third-order valence-electron chi connectivity index (χ3n) is 12.5. The van der Waals surface area contributed by atoms with Crippen molar-refractivity contribution in [2.75, 3.05) is 53.8 Å². The lowest BCUT2D eigenvalue weighted by molar-refractivity contribution is -0.134. The van der Waals surface area contributed by atoms with E-state index in [9.17, 15) is 22.8 Å². The number of anilines is 4. The molecule has 0 aliphatic carbocycles. The summed E-state index contributed by atoms with van der Waals surface area (Å²) in [4.78, 5) is 56.3. The highest BCUT2D eigenvalue weighted by atomic mass is 32.2. The van der Waals surface area contributed by atoms with Crippen LogP contribution in [0.15, 0.2) is 79.0 Å². The van der Waals surface area contributed by atoms with Crippen molar-refractivity contribution in [3.8, 4) is 21.8 Å². The molecule has 348 valence electrons. The summed E-state index contributed by atoms with van der Waals surface area (Å²) in [5, 5.41) is 9.79. The highest BCUT2D eigenvalue weighted by Crippen LogP contribution is 2.42. The number of likely N-dealkylation sites (tertiary alicyclic amines) is 2. The Hall–Kier alpha value is -5.78. The molecule has 3 saturated heterocycles. The second kappa shape index (κ2) is 20.0. The highest BCUT2D eigenvalue weighted by molar-refractivity contribution is 7.92. The van der Waals surface area contributed by atoms with Crippen molar-refractivity contribution in [3.05, 3.63) is 101 Å². The Labute approximate surface area is 390 Å². The Balaban J connectivity index is 0.855. The van der Waals surface area contributed by atoms with Gasteiger partial charge in [-0.05, 0) is 117 Å². The van der Waals surface area contributed by atoms with Gasteiger partial charge in [0.25, 0.3) is 0 Å². The number of piperidine rings is 3. The number of carbonyl (C=O) groups is 3. The van der Waals surface area contributed by atoms with Crippen LogP contribution in [0.4, 0.5) is 27.4 Å². The van der Waals surface area contributed by atoms with E-state index < -0.39 is 21.9 Å². The summed E-state index contributed by atoms with van der Waals surface area (Å²) < 4.78 is 43.7. The van der Waals surface area contributed by atoms with Crippen molar-refractivity contribution >= 4 is 62.1 Å². The summed E-state index contributed by atoms with van der Waals surface area (Å²) in [6.07, 6.45) is 6.54. The maximum atomic E-state index is 16.1. The van der Waals surface area contributed by atoms with Gasteiger partial charge >= 0.3 is 0 Å². The van der Waals surface area contributed by atoms with E-state index in [0.29, 0.717) is 67.0 Å². The number of halogens is 1. The first-order valence-corrected chi connectivity index (χ1v) is 25.3. The highest BCUT2D eigenvalue weighted by Gasteiger charge is 2.30. The second-order valence-corrected chi connectivity index (χ2v) is 21.4. The average Bonchev–Trinajstić information content (AvgIpc) is 3.75. The van der Waals surface area contributed by atoms with Crippen LogP contribution in [-0.4, -0.2) is 95.4 Å². The molecule has 14 nitrogen and oxygen atoms in total. The van der Waals surface area contributed by atoms with Crippen LogP contribution in [0, 0.1) is 5.82 Å². The maximum absolute atomic E-state index is 16.1. The normalized spacial score (nSPS) is 18.0. The van der Waals surface area contributed by atoms with Gasteiger partial charge in [-0.15, -0.1) is 11.3 Å². The fourth-order valence-electron chi connectivity index (χ4n) is 8.88. The van der Waals surface area contributed by atoms with Crippen LogP contribution < -0.4 is 20.7 Å². The van der Waals surface area contributed by atoms with E-state index in [2.05, 4.69) is 54.8 Å². The number of thiazole rings is 1. The number of carbonyl (C=O) groups excluding carboxylic acids is 3. The van der Waals surface area contributed by atoms with E-state index in [4.69, 9.17) is 9.97 Å². The Morgan fingerprint density at radius 1 is 0.879 bits per heavy atom. The van der Waals surface area contributed by atoms with Gasteiger partial charge in [0, 0.05) is 48.1 Å². The molecule has 0 unspecified atom stereocenters.